The van der Waals surface area contributed by atoms with Gasteiger partial charge in [-0.3, -0.25) is 9.59 Å². The first-order valence-corrected chi connectivity index (χ1v) is 7.05. The number of nitrogens with one attached hydrogen (secondary N) is 2. The minimum atomic E-state index is -0.510. The smallest absolute Gasteiger partial charge is 0.243 e. The highest BCUT2D eigenvalue weighted by Crippen LogP contribution is 2.07. The number of ether oxygens (including phenoxy) is 1. The molecule has 0 heterocycles. The van der Waals surface area contributed by atoms with E-state index in [-0.39, 0.29) is 17.7 Å². The third kappa shape index (κ3) is 5.95. The van der Waals surface area contributed by atoms with Crippen LogP contribution in [0.3, 0.4) is 0 Å². The maximum atomic E-state index is 12.2. The fraction of sp³-hybridized carbons (Fsp3) is 0.500. The zero-order valence-electron chi connectivity index (χ0n) is 13.1. The maximum absolute atomic E-state index is 12.2. The molecule has 2 amide bonds. The first-order valence-electron chi connectivity index (χ1n) is 7.05. The van der Waals surface area contributed by atoms with Crippen LogP contribution in [-0.2, 0) is 27.5 Å². The molecule has 0 aliphatic heterocycles. The van der Waals surface area contributed by atoms with Crippen molar-refractivity contribution in [3.8, 4) is 0 Å². The fourth-order valence-corrected chi connectivity index (χ4v) is 2.05. The molecule has 0 bridgehead atoms. The number of methoxy groups -OCH3 is 1. The quantitative estimate of drug-likeness (QED) is 0.802. The van der Waals surface area contributed by atoms with Gasteiger partial charge in [0.1, 0.15) is 6.04 Å². The second kappa shape index (κ2) is 8.42. The van der Waals surface area contributed by atoms with Gasteiger partial charge in [0.2, 0.25) is 11.8 Å². The van der Waals surface area contributed by atoms with E-state index in [1.165, 1.54) is 6.92 Å². The van der Waals surface area contributed by atoms with E-state index in [1.807, 2.05) is 38.1 Å². The van der Waals surface area contributed by atoms with Gasteiger partial charge < -0.3 is 15.4 Å². The van der Waals surface area contributed by atoms with Crippen molar-refractivity contribution in [3.63, 3.8) is 0 Å². The molecule has 0 unspecified atom stereocenters. The summed E-state index contributed by atoms with van der Waals surface area (Å²) in [5, 5.41) is 5.54. The zero-order chi connectivity index (χ0) is 15.8. The van der Waals surface area contributed by atoms with E-state index < -0.39 is 6.04 Å². The third-order valence-electron chi connectivity index (χ3n) is 3.08. The molecule has 0 aromatic heterocycles. The summed E-state index contributed by atoms with van der Waals surface area (Å²) in [7, 11) is 1.65. The van der Waals surface area contributed by atoms with Crippen LogP contribution in [0.5, 0.6) is 0 Å². The standard InChI is InChI=1S/C16H24N2O3/c1-11(2)15(18-12(3)19)16(20)17-9-13-6-5-7-14(8-13)10-21-4/h5-8,11,15H,9-10H2,1-4H3,(H,17,20)(H,18,19)/t15-/m0/s1. The van der Waals surface area contributed by atoms with Crippen molar-refractivity contribution in [2.24, 2.45) is 5.92 Å². The molecule has 1 atom stereocenters. The van der Waals surface area contributed by atoms with Crippen LogP contribution in [0.4, 0.5) is 0 Å². The van der Waals surface area contributed by atoms with Crippen LogP contribution in [-0.4, -0.2) is 25.0 Å². The van der Waals surface area contributed by atoms with Crippen LogP contribution in [0.15, 0.2) is 24.3 Å². The number of hydrogen-bond donors (Lipinski definition) is 2. The van der Waals surface area contributed by atoms with Gasteiger partial charge in [0.05, 0.1) is 6.61 Å². The van der Waals surface area contributed by atoms with Crippen molar-refractivity contribution in [2.45, 2.75) is 40.0 Å². The Morgan fingerprint density at radius 2 is 1.90 bits per heavy atom. The number of carbonyl (C=O) groups excluding carboxylic acids is 2. The lowest BCUT2D eigenvalue weighted by Crippen LogP contribution is -2.48. The Hall–Kier alpha value is -1.88. The second-order valence-electron chi connectivity index (χ2n) is 5.39. The first kappa shape index (κ1) is 17.2. The van der Waals surface area contributed by atoms with Crippen molar-refractivity contribution in [1.82, 2.24) is 10.6 Å². The summed E-state index contributed by atoms with van der Waals surface area (Å²) in [5.74, 6) is -0.336. The molecule has 2 N–H and O–H groups in total. The van der Waals surface area contributed by atoms with Gasteiger partial charge in [0.25, 0.3) is 0 Å². The molecule has 1 rings (SSSR count). The van der Waals surface area contributed by atoms with Crippen molar-refractivity contribution in [1.29, 1.82) is 0 Å². The summed E-state index contributed by atoms with van der Waals surface area (Å²) in [6, 6.07) is 7.34. The number of hydrogen-bond acceptors (Lipinski definition) is 3. The van der Waals surface area contributed by atoms with E-state index in [0.29, 0.717) is 13.2 Å². The van der Waals surface area contributed by atoms with Crippen molar-refractivity contribution < 1.29 is 14.3 Å². The Morgan fingerprint density at radius 1 is 1.24 bits per heavy atom. The second-order valence-corrected chi connectivity index (χ2v) is 5.39. The van der Waals surface area contributed by atoms with Crippen LogP contribution >= 0.6 is 0 Å². The molecule has 0 saturated carbocycles. The zero-order valence-corrected chi connectivity index (χ0v) is 13.1. The molecule has 0 aliphatic carbocycles. The van der Waals surface area contributed by atoms with Crippen molar-refractivity contribution in [2.75, 3.05) is 7.11 Å². The molecule has 0 radical (unpaired) electrons. The average molecular weight is 292 g/mol. The third-order valence-corrected chi connectivity index (χ3v) is 3.08. The van der Waals surface area contributed by atoms with Gasteiger partial charge in [-0.1, -0.05) is 38.1 Å². The van der Waals surface area contributed by atoms with E-state index in [2.05, 4.69) is 10.6 Å². The average Bonchev–Trinajstić information content (AvgIpc) is 2.42. The van der Waals surface area contributed by atoms with Gasteiger partial charge in [-0.25, -0.2) is 0 Å². The Labute approximate surface area is 126 Å². The highest BCUT2D eigenvalue weighted by molar-refractivity contribution is 5.86. The minimum Gasteiger partial charge on any atom is -0.380 e. The maximum Gasteiger partial charge on any atom is 0.243 e. The number of carbonyl (C=O) groups is 2. The highest BCUT2D eigenvalue weighted by atomic mass is 16.5. The van der Waals surface area contributed by atoms with Gasteiger partial charge in [-0.05, 0) is 17.0 Å². The topological polar surface area (TPSA) is 67.4 Å². The summed E-state index contributed by atoms with van der Waals surface area (Å²) >= 11 is 0. The molecule has 0 saturated heterocycles. The number of rotatable bonds is 7. The Kier molecular flexibility index (Phi) is 6.88. The predicted octanol–water partition coefficient (Wildman–Crippen LogP) is 1.61. The van der Waals surface area contributed by atoms with Gasteiger partial charge in [0.15, 0.2) is 0 Å². The van der Waals surface area contributed by atoms with Gasteiger partial charge in [-0.15, -0.1) is 0 Å². The SMILES string of the molecule is COCc1cccc(CNC(=O)[C@@H](NC(C)=O)C(C)C)c1. The molecule has 1 aromatic carbocycles. The van der Waals surface area contributed by atoms with Crippen LogP contribution < -0.4 is 10.6 Å². The van der Waals surface area contributed by atoms with Gasteiger partial charge >= 0.3 is 0 Å². The molecule has 5 nitrogen and oxygen atoms in total. The highest BCUT2D eigenvalue weighted by Gasteiger charge is 2.22. The molecular formula is C16H24N2O3. The normalized spacial score (nSPS) is 12.0. The van der Waals surface area contributed by atoms with Gasteiger partial charge in [0, 0.05) is 20.6 Å². The summed E-state index contributed by atoms with van der Waals surface area (Å²) in [6.45, 7) is 6.19. The molecule has 0 fully saturated rings. The molecular weight excluding hydrogens is 268 g/mol. The van der Waals surface area contributed by atoms with E-state index >= 15 is 0 Å². The van der Waals surface area contributed by atoms with Crippen LogP contribution in [0.2, 0.25) is 0 Å². The van der Waals surface area contributed by atoms with E-state index in [1.54, 1.807) is 7.11 Å². The molecule has 0 aliphatic rings. The van der Waals surface area contributed by atoms with Crippen molar-refractivity contribution in [3.05, 3.63) is 35.4 Å². The summed E-state index contributed by atoms with van der Waals surface area (Å²) in [4.78, 5) is 23.3. The molecule has 0 spiro atoms. The molecule has 5 heteroatoms. The molecule has 116 valence electrons. The lowest BCUT2D eigenvalue weighted by atomic mass is 10.0. The van der Waals surface area contributed by atoms with E-state index in [9.17, 15) is 9.59 Å². The lowest BCUT2D eigenvalue weighted by Gasteiger charge is -2.21. The first-order chi connectivity index (χ1) is 9.93. The van der Waals surface area contributed by atoms with Crippen LogP contribution in [0.1, 0.15) is 31.9 Å². The predicted molar refractivity (Wildman–Crippen MR) is 81.4 cm³/mol. The number of amides is 2. The number of benzene rings is 1. The van der Waals surface area contributed by atoms with Gasteiger partial charge in [-0.2, -0.15) is 0 Å². The minimum absolute atomic E-state index is 0.0359. The monoisotopic (exact) mass is 292 g/mol. The summed E-state index contributed by atoms with van der Waals surface area (Å²) in [6.07, 6.45) is 0. The Balaban J connectivity index is 2.62. The molecule has 21 heavy (non-hydrogen) atoms. The van der Waals surface area contributed by atoms with Crippen LogP contribution in [0.25, 0.3) is 0 Å². The largest absolute Gasteiger partial charge is 0.380 e. The van der Waals surface area contributed by atoms with E-state index in [0.717, 1.165) is 11.1 Å². The summed E-state index contributed by atoms with van der Waals surface area (Å²) < 4.78 is 5.09. The van der Waals surface area contributed by atoms with Crippen LogP contribution in [0, 0.1) is 5.92 Å². The lowest BCUT2D eigenvalue weighted by molar-refractivity contribution is -0.129. The Morgan fingerprint density at radius 3 is 2.48 bits per heavy atom. The van der Waals surface area contributed by atoms with Crippen molar-refractivity contribution >= 4 is 11.8 Å². The Bertz CT molecular complexity index is 486. The van der Waals surface area contributed by atoms with E-state index in [4.69, 9.17) is 4.74 Å². The fourth-order valence-electron chi connectivity index (χ4n) is 2.05. The summed E-state index contributed by atoms with van der Waals surface area (Å²) in [5.41, 5.74) is 2.06. The molecule has 1 aromatic rings.